The van der Waals surface area contributed by atoms with E-state index in [-0.39, 0.29) is 28.7 Å². The third-order valence-corrected chi connectivity index (χ3v) is 12.6. The third-order valence-electron chi connectivity index (χ3n) is 7.61. The summed E-state index contributed by atoms with van der Waals surface area (Å²) in [7, 11) is -2.57. The molecule has 2 aromatic carbocycles. The molecule has 0 amide bonds. The minimum Gasteiger partial charge on any atom is -0.407 e. The van der Waals surface area contributed by atoms with E-state index < -0.39 is 14.1 Å². The molecular formula is C26H35NO3Si. The maximum absolute atomic E-state index is 7.22. The fourth-order valence-corrected chi connectivity index (χ4v) is 10.7. The van der Waals surface area contributed by atoms with Crippen LogP contribution in [0.1, 0.15) is 41.0 Å². The molecule has 166 valence electrons. The Labute approximate surface area is 187 Å². The second-order valence-corrected chi connectivity index (χ2v) is 15.4. The summed E-state index contributed by atoms with van der Waals surface area (Å²) in [6.45, 7) is 11.6. The summed E-state index contributed by atoms with van der Waals surface area (Å²) in [5.41, 5.74) is 6.49. The van der Waals surface area contributed by atoms with Crippen molar-refractivity contribution in [3.63, 3.8) is 0 Å². The van der Waals surface area contributed by atoms with Gasteiger partial charge in [0.1, 0.15) is 6.10 Å². The van der Waals surface area contributed by atoms with Crippen LogP contribution in [0.15, 0.2) is 60.7 Å². The number of benzene rings is 2. The first-order valence-corrected chi connectivity index (χ1v) is 13.4. The van der Waals surface area contributed by atoms with Crippen LogP contribution in [0.25, 0.3) is 0 Å². The molecule has 5 heteroatoms. The summed E-state index contributed by atoms with van der Waals surface area (Å²) in [4.78, 5) is 0. The van der Waals surface area contributed by atoms with Crippen molar-refractivity contribution in [1.82, 2.24) is 0 Å². The lowest BCUT2D eigenvalue weighted by molar-refractivity contribution is -0.159. The highest BCUT2D eigenvalue weighted by Gasteiger charge is 2.74. The van der Waals surface area contributed by atoms with Crippen LogP contribution in [-0.2, 0) is 13.9 Å². The van der Waals surface area contributed by atoms with Gasteiger partial charge in [-0.2, -0.15) is 0 Å². The molecule has 0 radical (unpaired) electrons. The van der Waals surface area contributed by atoms with Crippen molar-refractivity contribution in [3.05, 3.63) is 60.7 Å². The molecule has 4 nitrogen and oxygen atoms in total. The number of nitrogens with two attached hydrogens (primary N) is 1. The highest BCUT2D eigenvalue weighted by atomic mass is 28.4. The number of hydrogen-bond donors (Lipinski definition) is 1. The Balaban J connectivity index is 1.52. The normalized spacial score (nSPS) is 33.7. The molecule has 1 aliphatic heterocycles. The first kappa shape index (κ1) is 21.3. The van der Waals surface area contributed by atoms with Crippen molar-refractivity contribution >= 4 is 18.7 Å². The van der Waals surface area contributed by atoms with Crippen molar-refractivity contribution in [3.8, 4) is 0 Å². The Kier molecular flexibility index (Phi) is 4.82. The Hall–Kier alpha value is -1.50. The molecule has 3 aliphatic rings. The molecule has 2 saturated carbocycles. The van der Waals surface area contributed by atoms with E-state index >= 15 is 0 Å². The summed E-state index contributed by atoms with van der Waals surface area (Å²) < 4.78 is 19.8. The van der Waals surface area contributed by atoms with E-state index in [2.05, 4.69) is 81.4 Å². The van der Waals surface area contributed by atoms with Crippen LogP contribution in [-0.4, -0.2) is 38.5 Å². The van der Waals surface area contributed by atoms with Gasteiger partial charge in [-0.3, -0.25) is 0 Å². The summed E-state index contributed by atoms with van der Waals surface area (Å²) in [6, 6.07) is 21.6. The average molecular weight is 438 g/mol. The molecule has 5 rings (SSSR count). The standard InChI is InChI=1S/C26H35NO3Si/c1-24(2,3)31(18-12-8-6-9-13-18,19-14-10-7-11-15-19)28-17-20-21-16-26(21,27)23-22(20)29-25(4,5)30-23/h6-15,20-23H,16-17,27H2,1-5H3/t20-,21-,22+,23+,26+/m0/s1. The van der Waals surface area contributed by atoms with Crippen LogP contribution in [0, 0.1) is 11.8 Å². The van der Waals surface area contributed by atoms with Crippen LogP contribution in [0.2, 0.25) is 5.04 Å². The molecule has 0 spiro atoms. The number of fused-ring (bicyclic) bond motifs is 3. The van der Waals surface area contributed by atoms with E-state index in [1.165, 1.54) is 10.4 Å². The zero-order valence-corrected chi connectivity index (χ0v) is 20.3. The highest BCUT2D eigenvalue weighted by molar-refractivity contribution is 6.99. The maximum atomic E-state index is 7.22. The second-order valence-electron chi connectivity index (χ2n) is 11.1. The SMILES string of the molecule is CC1(C)O[C@@H]2[C@@H](CO[Si](c3ccccc3)(c3ccccc3)C(C)(C)C)[C@@H]3C[C@]3(N)[C@@H]2O1. The van der Waals surface area contributed by atoms with E-state index in [4.69, 9.17) is 19.6 Å². The predicted octanol–water partition coefficient (Wildman–Crippen LogP) is 3.43. The topological polar surface area (TPSA) is 53.7 Å². The largest absolute Gasteiger partial charge is 0.407 e. The fraction of sp³-hybridized carbons (Fsp3) is 0.538. The smallest absolute Gasteiger partial charge is 0.261 e. The number of rotatable bonds is 5. The first-order chi connectivity index (χ1) is 14.6. The van der Waals surface area contributed by atoms with Crippen LogP contribution in [0.4, 0.5) is 0 Å². The lowest BCUT2D eigenvalue weighted by atomic mass is 10.0. The van der Waals surface area contributed by atoms with Gasteiger partial charge < -0.3 is 19.6 Å². The van der Waals surface area contributed by atoms with Crippen molar-refractivity contribution in [2.75, 3.05) is 6.61 Å². The van der Waals surface area contributed by atoms with Gasteiger partial charge in [0.25, 0.3) is 8.32 Å². The predicted molar refractivity (Wildman–Crippen MR) is 126 cm³/mol. The molecule has 0 aromatic heterocycles. The minimum atomic E-state index is -2.57. The Morgan fingerprint density at radius 1 is 0.968 bits per heavy atom. The molecule has 3 fully saturated rings. The zero-order valence-electron chi connectivity index (χ0n) is 19.3. The van der Waals surface area contributed by atoms with Gasteiger partial charge in [-0.05, 0) is 41.6 Å². The lowest BCUT2D eigenvalue weighted by Crippen LogP contribution is -2.67. The van der Waals surface area contributed by atoms with E-state index in [9.17, 15) is 0 Å². The Morgan fingerprint density at radius 3 is 2.03 bits per heavy atom. The molecule has 5 atom stereocenters. The van der Waals surface area contributed by atoms with Gasteiger partial charge >= 0.3 is 0 Å². The molecule has 2 aliphatic carbocycles. The monoisotopic (exact) mass is 437 g/mol. The summed E-state index contributed by atoms with van der Waals surface area (Å²) in [5, 5.41) is 2.58. The summed E-state index contributed by atoms with van der Waals surface area (Å²) >= 11 is 0. The third kappa shape index (κ3) is 3.25. The van der Waals surface area contributed by atoms with Gasteiger partial charge in [0.2, 0.25) is 0 Å². The lowest BCUT2D eigenvalue weighted by Gasteiger charge is -2.44. The highest BCUT2D eigenvalue weighted by Crippen LogP contribution is 2.62. The second kappa shape index (κ2) is 7.00. The van der Waals surface area contributed by atoms with Crippen LogP contribution >= 0.6 is 0 Å². The summed E-state index contributed by atoms with van der Waals surface area (Å²) in [6.07, 6.45) is 0.986. The van der Waals surface area contributed by atoms with Gasteiger partial charge in [-0.15, -0.1) is 0 Å². The molecule has 0 unspecified atom stereocenters. The van der Waals surface area contributed by atoms with Crippen molar-refractivity contribution in [2.45, 2.75) is 69.6 Å². The molecule has 0 bridgehead atoms. The number of hydrogen-bond acceptors (Lipinski definition) is 4. The molecule has 2 aromatic rings. The molecular weight excluding hydrogens is 402 g/mol. The molecule has 1 saturated heterocycles. The zero-order chi connectivity index (χ0) is 22.1. The molecule has 31 heavy (non-hydrogen) atoms. The van der Waals surface area contributed by atoms with Gasteiger partial charge in [0.05, 0.1) is 6.10 Å². The quantitative estimate of drug-likeness (QED) is 0.728. The minimum absolute atomic E-state index is 0.0111. The van der Waals surface area contributed by atoms with Crippen LogP contribution in [0.5, 0.6) is 0 Å². The van der Waals surface area contributed by atoms with Crippen molar-refractivity contribution < 1.29 is 13.9 Å². The van der Waals surface area contributed by atoms with E-state index in [0.717, 1.165) is 6.42 Å². The van der Waals surface area contributed by atoms with E-state index in [1.54, 1.807) is 0 Å². The van der Waals surface area contributed by atoms with Crippen molar-refractivity contribution in [2.24, 2.45) is 17.6 Å². The maximum Gasteiger partial charge on any atom is 0.261 e. The van der Waals surface area contributed by atoms with Gasteiger partial charge in [0.15, 0.2) is 5.79 Å². The average Bonchev–Trinajstić information content (AvgIpc) is 3.21. The number of ether oxygens (including phenoxy) is 2. The van der Waals surface area contributed by atoms with E-state index in [1.807, 2.05) is 13.8 Å². The van der Waals surface area contributed by atoms with Crippen molar-refractivity contribution in [1.29, 1.82) is 0 Å². The Bertz CT molecular complexity index is 903. The van der Waals surface area contributed by atoms with Crippen LogP contribution < -0.4 is 16.1 Å². The first-order valence-electron chi connectivity index (χ1n) is 11.5. The van der Waals surface area contributed by atoms with E-state index in [0.29, 0.717) is 12.5 Å². The Morgan fingerprint density at radius 2 is 1.52 bits per heavy atom. The van der Waals surface area contributed by atoms with Gasteiger partial charge in [-0.1, -0.05) is 81.4 Å². The van der Waals surface area contributed by atoms with Gasteiger partial charge in [-0.25, -0.2) is 0 Å². The molecule has 2 N–H and O–H groups in total. The van der Waals surface area contributed by atoms with Crippen LogP contribution in [0.3, 0.4) is 0 Å². The molecule has 1 heterocycles. The summed E-state index contributed by atoms with van der Waals surface area (Å²) in [5.74, 6) is 0.0977. The van der Waals surface area contributed by atoms with Gasteiger partial charge in [0, 0.05) is 18.1 Å². The fourth-order valence-electron chi connectivity index (χ4n) is 6.14.